The van der Waals surface area contributed by atoms with E-state index in [9.17, 15) is 9.90 Å². The molecule has 1 amide bonds. The second-order valence-corrected chi connectivity index (χ2v) is 7.11. The quantitative estimate of drug-likeness (QED) is 0.756. The molecule has 0 aromatic carbocycles. The van der Waals surface area contributed by atoms with Gasteiger partial charge in [-0.1, -0.05) is 0 Å². The highest BCUT2D eigenvalue weighted by Gasteiger charge is 2.38. The average molecular weight is 351 g/mol. The minimum absolute atomic E-state index is 0.0630. The maximum absolute atomic E-state index is 12.4. The number of amides is 1. The standard InChI is InChI=1S/C18H25NO4S/c1-2-22-18-14(4-3-8-20)15(12-7-9-24-11-12)10-16(23-18)17(21)19-13-5-6-13/h7,9-11,13-15,18,20H,2-6,8H2,1H3,(H,19,21)/t14-,15+,18+/m1/s1. The van der Waals surface area contributed by atoms with Crippen LogP contribution in [0.2, 0.25) is 0 Å². The van der Waals surface area contributed by atoms with Crippen molar-refractivity contribution in [1.82, 2.24) is 5.32 Å². The number of thiophene rings is 1. The summed E-state index contributed by atoms with van der Waals surface area (Å²) in [6.45, 7) is 2.59. The molecule has 2 N–H and O–H groups in total. The van der Waals surface area contributed by atoms with Crippen LogP contribution in [-0.2, 0) is 14.3 Å². The van der Waals surface area contributed by atoms with E-state index < -0.39 is 6.29 Å². The number of ether oxygens (including phenoxy) is 2. The second-order valence-electron chi connectivity index (χ2n) is 6.33. The van der Waals surface area contributed by atoms with Crippen molar-refractivity contribution in [1.29, 1.82) is 0 Å². The summed E-state index contributed by atoms with van der Waals surface area (Å²) < 4.78 is 11.7. The predicted octanol–water partition coefficient (Wildman–Crippen LogP) is 2.78. The molecular weight excluding hydrogens is 326 g/mol. The maximum Gasteiger partial charge on any atom is 0.286 e. The van der Waals surface area contributed by atoms with Crippen LogP contribution in [-0.4, -0.2) is 36.6 Å². The highest BCUT2D eigenvalue weighted by molar-refractivity contribution is 7.08. The molecule has 24 heavy (non-hydrogen) atoms. The maximum atomic E-state index is 12.4. The van der Waals surface area contributed by atoms with Gasteiger partial charge >= 0.3 is 0 Å². The van der Waals surface area contributed by atoms with Gasteiger partial charge in [0, 0.05) is 31.1 Å². The molecule has 132 valence electrons. The lowest BCUT2D eigenvalue weighted by molar-refractivity contribution is -0.166. The fourth-order valence-corrected chi connectivity index (χ4v) is 3.80. The first kappa shape index (κ1) is 17.5. The van der Waals surface area contributed by atoms with E-state index in [0.717, 1.165) is 19.3 Å². The Balaban J connectivity index is 1.85. The number of aliphatic hydroxyl groups excluding tert-OH is 1. The van der Waals surface area contributed by atoms with E-state index in [1.165, 1.54) is 5.56 Å². The summed E-state index contributed by atoms with van der Waals surface area (Å²) in [7, 11) is 0. The Morgan fingerprint density at radius 1 is 1.50 bits per heavy atom. The van der Waals surface area contributed by atoms with Crippen LogP contribution < -0.4 is 5.32 Å². The van der Waals surface area contributed by atoms with Gasteiger partial charge in [0.1, 0.15) is 0 Å². The van der Waals surface area contributed by atoms with Crippen molar-refractivity contribution in [2.24, 2.45) is 5.92 Å². The molecule has 1 fully saturated rings. The predicted molar refractivity (Wildman–Crippen MR) is 92.6 cm³/mol. The summed E-state index contributed by atoms with van der Waals surface area (Å²) in [4.78, 5) is 12.4. The summed E-state index contributed by atoms with van der Waals surface area (Å²) in [6.07, 6.45) is 5.03. The van der Waals surface area contributed by atoms with Crippen molar-refractivity contribution in [2.75, 3.05) is 13.2 Å². The van der Waals surface area contributed by atoms with Crippen molar-refractivity contribution < 1.29 is 19.4 Å². The first-order valence-electron chi connectivity index (χ1n) is 8.66. The van der Waals surface area contributed by atoms with Crippen LogP contribution in [0.4, 0.5) is 0 Å². The van der Waals surface area contributed by atoms with E-state index in [4.69, 9.17) is 9.47 Å². The Morgan fingerprint density at radius 2 is 2.33 bits per heavy atom. The van der Waals surface area contributed by atoms with Crippen LogP contribution in [0.15, 0.2) is 28.7 Å². The van der Waals surface area contributed by atoms with E-state index in [1.54, 1.807) is 11.3 Å². The Morgan fingerprint density at radius 3 is 2.96 bits per heavy atom. The summed E-state index contributed by atoms with van der Waals surface area (Å²) in [5.41, 5.74) is 1.17. The monoisotopic (exact) mass is 351 g/mol. The highest BCUT2D eigenvalue weighted by Crippen LogP contribution is 2.40. The van der Waals surface area contributed by atoms with E-state index >= 15 is 0 Å². The van der Waals surface area contributed by atoms with Crippen molar-refractivity contribution in [3.63, 3.8) is 0 Å². The van der Waals surface area contributed by atoms with Gasteiger partial charge in [-0.3, -0.25) is 4.79 Å². The third-order valence-electron chi connectivity index (χ3n) is 4.48. The van der Waals surface area contributed by atoms with Crippen LogP contribution in [0.1, 0.15) is 44.1 Å². The smallest absolute Gasteiger partial charge is 0.286 e. The molecule has 5 nitrogen and oxygen atoms in total. The topological polar surface area (TPSA) is 67.8 Å². The number of nitrogens with one attached hydrogen (secondary N) is 1. The number of hydrogen-bond acceptors (Lipinski definition) is 5. The van der Waals surface area contributed by atoms with Crippen molar-refractivity contribution in [2.45, 2.75) is 50.9 Å². The van der Waals surface area contributed by atoms with Gasteiger partial charge in [0.05, 0.1) is 0 Å². The fourth-order valence-electron chi connectivity index (χ4n) is 3.09. The van der Waals surface area contributed by atoms with Gasteiger partial charge < -0.3 is 19.9 Å². The highest BCUT2D eigenvalue weighted by atomic mass is 32.1. The van der Waals surface area contributed by atoms with Gasteiger partial charge in [-0.25, -0.2) is 0 Å². The first-order chi connectivity index (χ1) is 11.7. The normalized spacial score (nSPS) is 26.6. The van der Waals surface area contributed by atoms with Crippen LogP contribution >= 0.6 is 11.3 Å². The average Bonchev–Trinajstić information content (AvgIpc) is 3.23. The lowest BCUT2D eigenvalue weighted by atomic mass is 9.81. The first-order valence-corrected chi connectivity index (χ1v) is 9.61. The number of rotatable bonds is 8. The molecule has 1 saturated carbocycles. The number of hydrogen-bond donors (Lipinski definition) is 2. The van der Waals surface area contributed by atoms with Gasteiger partial charge in [-0.15, -0.1) is 0 Å². The van der Waals surface area contributed by atoms with Crippen molar-refractivity contribution in [3.05, 3.63) is 34.2 Å². The molecule has 0 unspecified atom stereocenters. The molecule has 0 radical (unpaired) electrons. The zero-order valence-electron chi connectivity index (χ0n) is 13.9. The Kier molecular flexibility index (Phi) is 5.92. The number of carbonyl (C=O) groups excluding carboxylic acids is 1. The van der Waals surface area contributed by atoms with E-state index in [0.29, 0.717) is 24.8 Å². The van der Waals surface area contributed by atoms with E-state index in [-0.39, 0.29) is 24.3 Å². The number of aliphatic hydroxyl groups is 1. The van der Waals surface area contributed by atoms with Crippen molar-refractivity contribution >= 4 is 17.2 Å². The third kappa shape index (κ3) is 4.18. The Hall–Kier alpha value is -1.37. The molecule has 1 aliphatic carbocycles. The zero-order chi connectivity index (χ0) is 16.9. The fraction of sp³-hybridized carbons (Fsp3) is 0.611. The molecule has 0 saturated heterocycles. The largest absolute Gasteiger partial charge is 0.459 e. The Bertz CT molecular complexity index is 568. The number of allylic oxidation sites excluding steroid dienone is 1. The lowest BCUT2D eigenvalue weighted by Crippen LogP contribution is -2.39. The zero-order valence-corrected chi connectivity index (χ0v) is 14.8. The molecule has 3 atom stereocenters. The van der Waals surface area contributed by atoms with Gasteiger partial charge in [0.15, 0.2) is 5.76 Å². The summed E-state index contributed by atoms with van der Waals surface area (Å²) in [5, 5.41) is 16.4. The minimum atomic E-state index is -0.462. The third-order valence-corrected chi connectivity index (χ3v) is 5.18. The van der Waals surface area contributed by atoms with Crippen LogP contribution in [0, 0.1) is 5.92 Å². The van der Waals surface area contributed by atoms with E-state index in [2.05, 4.69) is 16.8 Å². The molecule has 3 rings (SSSR count). The minimum Gasteiger partial charge on any atom is -0.459 e. The van der Waals surface area contributed by atoms with Gasteiger partial charge in [0.2, 0.25) is 6.29 Å². The molecule has 1 aromatic rings. The molecule has 1 aliphatic heterocycles. The molecule has 2 heterocycles. The molecule has 6 heteroatoms. The molecule has 1 aromatic heterocycles. The lowest BCUT2D eigenvalue weighted by Gasteiger charge is -2.36. The van der Waals surface area contributed by atoms with Gasteiger partial charge in [0.25, 0.3) is 5.91 Å². The Labute approximate surface area is 146 Å². The van der Waals surface area contributed by atoms with Gasteiger partial charge in [-0.05, 0) is 61.1 Å². The summed E-state index contributed by atoms with van der Waals surface area (Å²) >= 11 is 1.64. The second kappa shape index (κ2) is 8.14. The van der Waals surface area contributed by atoms with Crippen LogP contribution in [0.3, 0.4) is 0 Å². The van der Waals surface area contributed by atoms with Gasteiger partial charge in [-0.2, -0.15) is 11.3 Å². The van der Waals surface area contributed by atoms with Crippen LogP contribution in [0.5, 0.6) is 0 Å². The molecular formula is C18H25NO4S. The summed E-state index contributed by atoms with van der Waals surface area (Å²) in [5.74, 6) is 0.358. The van der Waals surface area contributed by atoms with Crippen molar-refractivity contribution in [3.8, 4) is 0 Å². The van der Waals surface area contributed by atoms with E-state index in [1.807, 2.05) is 18.4 Å². The SMILES string of the molecule is CCO[C@H]1OC(C(=O)NC2CC2)=C[C@@H](c2ccsc2)[C@H]1CCCO. The van der Waals surface area contributed by atoms with Crippen LogP contribution in [0.25, 0.3) is 0 Å². The molecule has 0 bridgehead atoms. The molecule has 2 aliphatic rings. The molecule has 0 spiro atoms. The summed E-state index contributed by atoms with van der Waals surface area (Å²) in [6, 6.07) is 2.38. The number of carbonyl (C=O) groups is 1.